The summed E-state index contributed by atoms with van der Waals surface area (Å²) >= 11 is 0. The molecule has 1 amide bonds. The molecule has 0 spiro atoms. The number of nitrogens with one attached hydrogen (secondary N) is 1. The van der Waals surface area contributed by atoms with E-state index < -0.39 is 0 Å². The van der Waals surface area contributed by atoms with Crippen molar-refractivity contribution in [2.24, 2.45) is 11.3 Å². The Labute approximate surface area is 174 Å². The van der Waals surface area contributed by atoms with Gasteiger partial charge in [-0.3, -0.25) is 4.79 Å². The maximum Gasteiger partial charge on any atom is 0.251 e. The number of nitrogens with zero attached hydrogens (tertiary/aromatic N) is 3. The largest absolute Gasteiger partial charge is 0.383 e. The van der Waals surface area contributed by atoms with Crippen LogP contribution in [-0.4, -0.2) is 39.7 Å². The van der Waals surface area contributed by atoms with E-state index in [1.807, 2.05) is 36.5 Å². The second-order valence-electron chi connectivity index (χ2n) is 8.49. The zero-order chi connectivity index (χ0) is 20.7. The van der Waals surface area contributed by atoms with E-state index in [0.717, 1.165) is 42.8 Å². The van der Waals surface area contributed by atoms with E-state index >= 15 is 0 Å². The number of anilines is 1. The van der Waals surface area contributed by atoms with E-state index in [1.165, 1.54) is 6.33 Å². The summed E-state index contributed by atoms with van der Waals surface area (Å²) in [5.74, 6) is 7.06. The minimum Gasteiger partial charge on any atom is -0.383 e. The number of benzene rings is 1. The minimum atomic E-state index is -0.0601. The number of amides is 1. The van der Waals surface area contributed by atoms with Gasteiger partial charge in [0.25, 0.3) is 5.91 Å². The first-order chi connectivity index (χ1) is 14.5. The quantitative estimate of drug-likeness (QED) is 0.654. The molecule has 152 valence electrons. The lowest BCUT2D eigenvalue weighted by molar-refractivity contribution is -0.109. The molecular weight excluding hydrogens is 378 g/mol. The summed E-state index contributed by atoms with van der Waals surface area (Å²) in [6.07, 6.45) is 4.35. The van der Waals surface area contributed by atoms with Crippen molar-refractivity contribution in [3.8, 4) is 11.8 Å². The van der Waals surface area contributed by atoms with Crippen LogP contribution in [0.4, 0.5) is 5.82 Å². The van der Waals surface area contributed by atoms with Gasteiger partial charge in [-0.05, 0) is 18.6 Å². The Bertz CT molecular complexity index is 1170. The van der Waals surface area contributed by atoms with Gasteiger partial charge in [0.05, 0.1) is 24.2 Å². The number of ether oxygens (including phenoxy) is 1. The number of nitrogen functional groups attached to an aromatic ring is 1. The predicted octanol–water partition coefficient (Wildman–Crippen LogP) is 2.22. The van der Waals surface area contributed by atoms with Gasteiger partial charge in [0.2, 0.25) is 0 Å². The Balaban J connectivity index is 1.34. The Morgan fingerprint density at radius 1 is 1.33 bits per heavy atom. The van der Waals surface area contributed by atoms with Crippen LogP contribution in [-0.2, 0) is 11.3 Å². The molecule has 1 aliphatic carbocycles. The Morgan fingerprint density at radius 2 is 2.13 bits per heavy atom. The highest BCUT2D eigenvalue weighted by Crippen LogP contribution is 2.33. The summed E-state index contributed by atoms with van der Waals surface area (Å²) in [4.78, 5) is 20.9. The molecule has 1 aromatic carbocycles. The van der Waals surface area contributed by atoms with Gasteiger partial charge in [0.15, 0.2) is 0 Å². The predicted molar refractivity (Wildman–Crippen MR) is 114 cm³/mol. The Morgan fingerprint density at radius 3 is 2.87 bits per heavy atom. The fourth-order valence-corrected chi connectivity index (χ4v) is 3.84. The molecule has 2 aliphatic rings. The smallest absolute Gasteiger partial charge is 0.251 e. The van der Waals surface area contributed by atoms with Crippen LogP contribution < -0.4 is 11.1 Å². The monoisotopic (exact) mass is 401 g/mol. The van der Waals surface area contributed by atoms with Gasteiger partial charge in [-0.15, -0.1) is 0 Å². The molecule has 2 aromatic heterocycles. The highest BCUT2D eigenvalue weighted by molar-refractivity contribution is 5.94. The summed E-state index contributed by atoms with van der Waals surface area (Å²) in [5, 5.41) is 3.84. The van der Waals surface area contributed by atoms with Crippen molar-refractivity contribution in [2.75, 3.05) is 18.9 Å². The van der Waals surface area contributed by atoms with Gasteiger partial charge in [-0.25, -0.2) is 9.97 Å². The minimum absolute atomic E-state index is 0.0601. The van der Waals surface area contributed by atoms with Crippen LogP contribution in [0.3, 0.4) is 0 Å². The van der Waals surface area contributed by atoms with Gasteiger partial charge >= 0.3 is 0 Å². The number of carbonyl (C=O) groups excluding carboxylic acids is 1. The third-order valence-electron chi connectivity index (χ3n) is 5.67. The van der Waals surface area contributed by atoms with Crippen LogP contribution in [0.2, 0.25) is 0 Å². The first-order valence-electron chi connectivity index (χ1n) is 10.1. The fourth-order valence-electron chi connectivity index (χ4n) is 3.84. The van der Waals surface area contributed by atoms with E-state index in [1.54, 1.807) is 0 Å². The topological polar surface area (TPSA) is 95.1 Å². The molecule has 3 aromatic rings. The van der Waals surface area contributed by atoms with Crippen molar-refractivity contribution in [1.82, 2.24) is 19.9 Å². The van der Waals surface area contributed by atoms with Gasteiger partial charge in [0, 0.05) is 35.7 Å². The Kier molecular flexibility index (Phi) is 4.44. The highest BCUT2D eigenvalue weighted by Gasteiger charge is 2.37. The van der Waals surface area contributed by atoms with Gasteiger partial charge in [-0.2, -0.15) is 0 Å². The zero-order valence-electron chi connectivity index (χ0n) is 16.8. The lowest BCUT2D eigenvalue weighted by Gasteiger charge is -2.38. The molecule has 2 unspecified atom stereocenters. The molecule has 1 saturated carbocycles. The van der Waals surface area contributed by atoms with Crippen molar-refractivity contribution in [3.63, 3.8) is 0 Å². The van der Waals surface area contributed by atoms with E-state index in [4.69, 9.17) is 10.5 Å². The van der Waals surface area contributed by atoms with Crippen LogP contribution in [0.5, 0.6) is 0 Å². The van der Waals surface area contributed by atoms with Crippen LogP contribution in [0.15, 0.2) is 42.9 Å². The molecule has 0 radical (unpaired) electrons. The fraction of sp³-hybridized carbons (Fsp3) is 0.348. The van der Waals surface area contributed by atoms with Crippen molar-refractivity contribution in [1.29, 1.82) is 0 Å². The van der Waals surface area contributed by atoms with Crippen LogP contribution in [0, 0.1) is 23.2 Å². The van der Waals surface area contributed by atoms with Crippen LogP contribution in [0.1, 0.15) is 29.3 Å². The summed E-state index contributed by atoms with van der Waals surface area (Å²) in [6, 6.07) is 9.31. The molecule has 30 heavy (non-hydrogen) atoms. The summed E-state index contributed by atoms with van der Waals surface area (Å²) < 4.78 is 7.48. The van der Waals surface area contributed by atoms with E-state index in [0.29, 0.717) is 11.4 Å². The SMILES string of the molecule is CC1(Cn2cc(C#CC3CC3NC(=O)c3ccccc3)c3c(N)ncnc32)COC1. The van der Waals surface area contributed by atoms with Crippen molar-refractivity contribution in [3.05, 3.63) is 54.0 Å². The van der Waals surface area contributed by atoms with Gasteiger partial charge in [-0.1, -0.05) is 37.0 Å². The van der Waals surface area contributed by atoms with E-state index in [2.05, 4.69) is 38.6 Å². The molecule has 2 fully saturated rings. The summed E-state index contributed by atoms with van der Waals surface area (Å²) in [5.41, 5.74) is 8.53. The second kappa shape index (κ2) is 7.15. The molecule has 3 heterocycles. The average molecular weight is 401 g/mol. The Hall–Kier alpha value is -3.37. The van der Waals surface area contributed by atoms with Crippen molar-refractivity contribution in [2.45, 2.75) is 25.9 Å². The molecule has 1 aliphatic heterocycles. The molecule has 5 rings (SSSR count). The maximum absolute atomic E-state index is 12.3. The molecule has 7 nitrogen and oxygen atoms in total. The second-order valence-corrected chi connectivity index (χ2v) is 8.49. The lowest BCUT2D eigenvalue weighted by atomic mass is 9.89. The van der Waals surface area contributed by atoms with Crippen LogP contribution in [0.25, 0.3) is 11.0 Å². The zero-order valence-corrected chi connectivity index (χ0v) is 16.8. The number of hydrogen-bond acceptors (Lipinski definition) is 5. The molecule has 0 bridgehead atoms. The number of carbonyl (C=O) groups is 1. The van der Waals surface area contributed by atoms with Crippen molar-refractivity contribution >= 4 is 22.8 Å². The number of rotatable bonds is 4. The van der Waals surface area contributed by atoms with E-state index in [-0.39, 0.29) is 23.3 Å². The third kappa shape index (κ3) is 3.51. The first kappa shape index (κ1) is 18.6. The number of fused-ring (bicyclic) bond motifs is 1. The molecular formula is C23H23N5O2. The third-order valence-corrected chi connectivity index (χ3v) is 5.67. The average Bonchev–Trinajstić information content (AvgIpc) is 3.37. The van der Waals surface area contributed by atoms with Crippen molar-refractivity contribution < 1.29 is 9.53 Å². The summed E-state index contributed by atoms with van der Waals surface area (Å²) in [7, 11) is 0. The number of nitrogens with two attached hydrogens (primary N) is 1. The van der Waals surface area contributed by atoms with Gasteiger partial charge < -0.3 is 20.4 Å². The molecule has 1 saturated heterocycles. The highest BCUT2D eigenvalue weighted by atomic mass is 16.5. The normalized spacial score (nSPS) is 21.4. The first-order valence-corrected chi connectivity index (χ1v) is 10.1. The van der Waals surface area contributed by atoms with Crippen LogP contribution >= 0.6 is 0 Å². The standard InChI is InChI=1S/C23H23N5O2/c1-23(12-30-13-23)11-28-10-17(19-20(24)25-14-26-21(19)28)8-7-16-9-18(16)27-22(29)15-5-3-2-4-6-15/h2-6,10,14,16,18H,9,11-13H2,1H3,(H,27,29)(H2,24,25,26). The molecule has 7 heteroatoms. The maximum atomic E-state index is 12.3. The lowest BCUT2D eigenvalue weighted by Crippen LogP contribution is -2.43. The number of hydrogen-bond donors (Lipinski definition) is 2. The van der Waals surface area contributed by atoms with Gasteiger partial charge in [0.1, 0.15) is 17.8 Å². The summed E-state index contributed by atoms with van der Waals surface area (Å²) in [6.45, 7) is 4.46. The molecule has 3 N–H and O–H groups in total. The van der Waals surface area contributed by atoms with E-state index in [9.17, 15) is 4.79 Å². The number of aromatic nitrogens is 3. The molecule has 2 atom stereocenters.